The summed E-state index contributed by atoms with van der Waals surface area (Å²) < 4.78 is 0. The van der Waals surface area contributed by atoms with Gasteiger partial charge >= 0.3 is 0 Å². The molecule has 1 fully saturated rings. The van der Waals surface area contributed by atoms with Gasteiger partial charge in [0.2, 0.25) is 0 Å². The molecule has 118 valence electrons. The van der Waals surface area contributed by atoms with E-state index in [0.29, 0.717) is 5.69 Å². The summed E-state index contributed by atoms with van der Waals surface area (Å²) in [6, 6.07) is 0. The first-order chi connectivity index (χ1) is 10.3. The lowest BCUT2D eigenvalue weighted by Gasteiger charge is -2.26. The Morgan fingerprint density at radius 2 is 1.90 bits per heavy atom. The zero-order valence-electron chi connectivity index (χ0n) is 13.3. The average molecular weight is 292 g/mol. The van der Waals surface area contributed by atoms with Gasteiger partial charge in [-0.1, -0.05) is 6.42 Å². The number of piperidine rings is 1. The van der Waals surface area contributed by atoms with Crippen LogP contribution in [0.5, 0.6) is 0 Å². The first kappa shape index (κ1) is 15.8. The lowest BCUT2D eigenvalue weighted by Crippen LogP contribution is -2.34. The van der Waals surface area contributed by atoms with Crippen molar-refractivity contribution in [1.29, 1.82) is 0 Å². The summed E-state index contributed by atoms with van der Waals surface area (Å²) in [6.07, 6.45) is 5.60. The first-order valence-corrected chi connectivity index (χ1v) is 8.07. The second kappa shape index (κ2) is 8.02. The van der Waals surface area contributed by atoms with Gasteiger partial charge in [-0.15, -0.1) is 0 Å². The van der Waals surface area contributed by atoms with Crippen molar-refractivity contribution in [2.24, 2.45) is 0 Å². The van der Waals surface area contributed by atoms with E-state index in [2.05, 4.69) is 38.9 Å². The third-order valence-corrected chi connectivity index (χ3v) is 4.10. The van der Waals surface area contributed by atoms with Gasteiger partial charge in [-0.25, -0.2) is 9.97 Å². The summed E-state index contributed by atoms with van der Waals surface area (Å²) in [5, 5.41) is 3.36. The monoisotopic (exact) mass is 292 g/mol. The largest absolute Gasteiger partial charge is 0.393 e. The molecule has 0 aromatic carbocycles. The van der Waals surface area contributed by atoms with E-state index in [4.69, 9.17) is 5.73 Å². The van der Waals surface area contributed by atoms with E-state index in [1.807, 2.05) is 0 Å². The van der Waals surface area contributed by atoms with Gasteiger partial charge in [0, 0.05) is 26.2 Å². The fourth-order valence-corrected chi connectivity index (χ4v) is 2.82. The molecule has 2 heterocycles. The molecule has 6 nitrogen and oxygen atoms in total. The highest BCUT2D eigenvalue weighted by Crippen LogP contribution is 2.25. The van der Waals surface area contributed by atoms with E-state index in [0.717, 1.165) is 37.8 Å². The number of nitrogens with zero attached hydrogens (tertiary/aromatic N) is 4. The molecule has 1 aromatic rings. The van der Waals surface area contributed by atoms with Gasteiger partial charge in [0.1, 0.15) is 12.0 Å². The standard InChI is InChI=1S/C15H28N6/c1-3-21(4-2)15-13(16)14(18-12-19-15)17-8-11-20-9-6-5-7-10-20/h12H,3-11,16H2,1-2H3,(H,17,18,19). The topological polar surface area (TPSA) is 70.3 Å². The number of aromatic nitrogens is 2. The molecule has 0 bridgehead atoms. The van der Waals surface area contributed by atoms with Crippen LogP contribution in [0.1, 0.15) is 33.1 Å². The van der Waals surface area contributed by atoms with Gasteiger partial charge in [-0.2, -0.15) is 0 Å². The van der Waals surface area contributed by atoms with Crippen LogP contribution in [0.4, 0.5) is 17.3 Å². The Balaban J connectivity index is 1.92. The van der Waals surface area contributed by atoms with Crippen molar-refractivity contribution in [3.8, 4) is 0 Å². The number of nitrogens with two attached hydrogens (primary N) is 1. The zero-order valence-corrected chi connectivity index (χ0v) is 13.3. The number of likely N-dealkylation sites (tertiary alicyclic amines) is 1. The van der Waals surface area contributed by atoms with Crippen LogP contribution < -0.4 is 16.0 Å². The van der Waals surface area contributed by atoms with Crippen LogP contribution >= 0.6 is 0 Å². The number of rotatable bonds is 7. The maximum absolute atomic E-state index is 6.21. The number of nitrogens with one attached hydrogen (secondary N) is 1. The molecule has 0 saturated carbocycles. The minimum absolute atomic E-state index is 0.653. The van der Waals surface area contributed by atoms with Crippen LogP contribution in [0.3, 0.4) is 0 Å². The van der Waals surface area contributed by atoms with E-state index >= 15 is 0 Å². The summed E-state index contributed by atoms with van der Waals surface area (Å²) in [7, 11) is 0. The predicted octanol–water partition coefficient (Wildman–Crippen LogP) is 1.80. The summed E-state index contributed by atoms with van der Waals surface area (Å²) >= 11 is 0. The lowest BCUT2D eigenvalue weighted by atomic mass is 10.1. The Morgan fingerprint density at radius 3 is 2.57 bits per heavy atom. The van der Waals surface area contributed by atoms with Crippen LogP contribution in [-0.4, -0.2) is 54.1 Å². The quantitative estimate of drug-likeness (QED) is 0.798. The summed E-state index contributed by atoms with van der Waals surface area (Å²) in [5.41, 5.74) is 6.86. The van der Waals surface area contributed by atoms with E-state index in [1.54, 1.807) is 6.33 Å². The Hall–Kier alpha value is -1.56. The van der Waals surface area contributed by atoms with E-state index in [9.17, 15) is 0 Å². The summed E-state index contributed by atoms with van der Waals surface area (Å²) in [5.74, 6) is 1.58. The molecular weight excluding hydrogens is 264 g/mol. The molecule has 0 unspecified atom stereocenters. The molecule has 3 N–H and O–H groups in total. The molecular formula is C15H28N6. The van der Waals surface area contributed by atoms with Crippen LogP contribution in [0.15, 0.2) is 6.33 Å². The third-order valence-electron chi connectivity index (χ3n) is 4.10. The number of nitrogen functional groups attached to an aromatic ring is 1. The molecule has 1 saturated heterocycles. The summed E-state index contributed by atoms with van der Waals surface area (Å²) in [6.45, 7) is 10.3. The van der Waals surface area contributed by atoms with Crippen LogP contribution in [-0.2, 0) is 0 Å². The van der Waals surface area contributed by atoms with Crippen molar-refractivity contribution >= 4 is 17.3 Å². The molecule has 6 heteroatoms. The minimum Gasteiger partial charge on any atom is -0.393 e. The molecule has 1 aliphatic rings. The molecule has 2 rings (SSSR count). The molecule has 0 radical (unpaired) electrons. The van der Waals surface area contributed by atoms with Crippen LogP contribution in [0, 0.1) is 0 Å². The SMILES string of the molecule is CCN(CC)c1ncnc(NCCN2CCCCC2)c1N. The van der Waals surface area contributed by atoms with E-state index in [-0.39, 0.29) is 0 Å². The summed E-state index contributed by atoms with van der Waals surface area (Å²) in [4.78, 5) is 13.2. The van der Waals surface area contributed by atoms with Crippen molar-refractivity contribution in [3.05, 3.63) is 6.33 Å². The Labute approximate surface area is 127 Å². The second-order valence-electron chi connectivity index (χ2n) is 5.46. The van der Waals surface area contributed by atoms with Crippen molar-refractivity contribution < 1.29 is 0 Å². The van der Waals surface area contributed by atoms with Crippen LogP contribution in [0.2, 0.25) is 0 Å². The smallest absolute Gasteiger partial charge is 0.157 e. The number of anilines is 3. The highest BCUT2D eigenvalue weighted by molar-refractivity contribution is 5.74. The first-order valence-electron chi connectivity index (χ1n) is 8.07. The second-order valence-corrected chi connectivity index (χ2v) is 5.46. The predicted molar refractivity (Wildman–Crippen MR) is 88.8 cm³/mol. The number of hydrogen-bond acceptors (Lipinski definition) is 6. The maximum Gasteiger partial charge on any atom is 0.157 e. The Bertz CT molecular complexity index is 426. The van der Waals surface area contributed by atoms with Gasteiger partial charge in [0.05, 0.1) is 0 Å². The fourth-order valence-electron chi connectivity index (χ4n) is 2.82. The highest BCUT2D eigenvalue weighted by atomic mass is 15.2. The molecule has 0 amide bonds. The highest BCUT2D eigenvalue weighted by Gasteiger charge is 2.13. The van der Waals surface area contributed by atoms with Crippen molar-refractivity contribution in [3.63, 3.8) is 0 Å². The van der Waals surface area contributed by atoms with E-state index < -0.39 is 0 Å². The maximum atomic E-state index is 6.21. The average Bonchev–Trinajstić information content (AvgIpc) is 2.52. The van der Waals surface area contributed by atoms with Crippen molar-refractivity contribution in [2.45, 2.75) is 33.1 Å². The molecule has 21 heavy (non-hydrogen) atoms. The molecule has 0 aliphatic carbocycles. The fraction of sp³-hybridized carbons (Fsp3) is 0.733. The Morgan fingerprint density at radius 1 is 1.19 bits per heavy atom. The van der Waals surface area contributed by atoms with Gasteiger partial charge in [-0.3, -0.25) is 0 Å². The normalized spacial score (nSPS) is 15.9. The Kier molecular flexibility index (Phi) is 6.04. The van der Waals surface area contributed by atoms with Crippen LogP contribution in [0.25, 0.3) is 0 Å². The molecule has 1 aliphatic heterocycles. The third kappa shape index (κ3) is 4.20. The van der Waals surface area contributed by atoms with Gasteiger partial charge < -0.3 is 20.9 Å². The van der Waals surface area contributed by atoms with Gasteiger partial charge in [0.15, 0.2) is 11.6 Å². The molecule has 0 spiro atoms. The zero-order chi connectivity index (χ0) is 15.1. The van der Waals surface area contributed by atoms with Crippen molar-refractivity contribution in [1.82, 2.24) is 14.9 Å². The van der Waals surface area contributed by atoms with Gasteiger partial charge in [0.25, 0.3) is 0 Å². The lowest BCUT2D eigenvalue weighted by molar-refractivity contribution is 0.237. The van der Waals surface area contributed by atoms with Crippen molar-refractivity contribution in [2.75, 3.05) is 55.2 Å². The minimum atomic E-state index is 0.653. The number of hydrogen-bond donors (Lipinski definition) is 2. The van der Waals surface area contributed by atoms with E-state index in [1.165, 1.54) is 32.4 Å². The molecule has 1 aromatic heterocycles. The van der Waals surface area contributed by atoms with Gasteiger partial charge in [-0.05, 0) is 39.8 Å². The molecule has 0 atom stereocenters.